The van der Waals surface area contributed by atoms with Gasteiger partial charge in [0.2, 0.25) is 0 Å². The van der Waals surface area contributed by atoms with E-state index in [-0.39, 0.29) is 5.54 Å². The van der Waals surface area contributed by atoms with Crippen LogP contribution in [0, 0.1) is 5.92 Å². The van der Waals surface area contributed by atoms with E-state index in [1.54, 1.807) is 5.49 Å². The quantitative estimate of drug-likeness (QED) is 0.609. The van der Waals surface area contributed by atoms with Gasteiger partial charge in [0.1, 0.15) is 0 Å². The predicted octanol–water partition coefficient (Wildman–Crippen LogP) is 1.97. The number of hydrogen-bond acceptors (Lipinski definition) is 1. The maximum absolute atomic E-state index is 4.68. The smallest absolute Gasteiger partial charge is 0.0619 e. The molecule has 0 saturated heterocycles. The average Bonchev–Trinajstić information content (AvgIpc) is 1.65. The molecule has 0 radical (unpaired) electrons. The Labute approximate surface area is 62.8 Å². The molecule has 1 nitrogen and oxygen atoms in total. The molecule has 0 heterocycles. The molecule has 0 aliphatic heterocycles. The van der Waals surface area contributed by atoms with Crippen LogP contribution in [-0.4, -0.2) is 11.0 Å². The second-order valence-electron chi connectivity index (χ2n) is 3.14. The van der Waals surface area contributed by atoms with Crippen molar-refractivity contribution in [3.05, 3.63) is 0 Å². The molecular weight excluding hydrogens is 130 g/mol. The zero-order valence-electron chi connectivity index (χ0n) is 6.56. The molecule has 0 bridgehead atoms. The molecule has 9 heavy (non-hydrogen) atoms. The molecule has 0 aromatic carbocycles. The van der Waals surface area contributed by atoms with Crippen molar-refractivity contribution in [2.45, 2.75) is 33.2 Å². The minimum Gasteiger partial charge on any atom is -0.377 e. The fraction of sp³-hybridized carbons (Fsp3) is 0.857. The minimum absolute atomic E-state index is 0.141. The second-order valence-corrected chi connectivity index (χ2v) is 3.37. The van der Waals surface area contributed by atoms with Crippen molar-refractivity contribution >= 4 is 17.7 Å². The lowest BCUT2D eigenvalue weighted by atomic mass is 9.91. The zero-order valence-corrected chi connectivity index (χ0v) is 7.38. The molecule has 0 saturated carbocycles. The third kappa shape index (κ3) is 2.80. The van der Waals surface area contributed by atoms with Gasteiger partial charge < -0.3 is 5.32 Å². The summed E-state index contributed by atoms with van der Waals surface area (Å²) in [7, 11) is 0. The van der Waals surface area contributed by atoms with E-state index in [2.05, 4.69) is 45.2 Å². The Morgan fingerprint density at radius 3 is 2.00 bits per heavy atom. The molecule has 0 aromatic heterocycles. The Balaban J connectivity index is 3.84. The molecule has 0 aliphatic rings. The van der Waals surface area contributed by atoms with Crippen molar-refractivity contribution in [1.82, 2.24) is 5.32 Å². The summed E-state index contributed by atoms with van der Waals surface area (Å²) in [5.41, 5.74) is 1.72. The van der Waals surface area contributed by atoms with Gasteiger partial charge in [0, 0.05) is 5.54 Å². The van der Waals surface area contributed by atoms with Gasteiger partial charge in [-0.25, -0.2) is 0 Å². The summed E-state index contributed by atoms with van der Waals surface area (Å²) < 4.78 is 0. The van der Waals surface area contributed by atoms with E-state index in [1.165, 1.54) is 0 Å². The van der Waals surface area contributed by atoms with Crippen molar-refractivity contribution in [2.75, 3.05) is 0 Å². The van der Waals surface area contributed by atoms with Crippen LogP contribution >= 0.6 is 12.2 Å². The lowest BCUT2D eigenvalue weighted by Gasteiger charge is -2.28. The van der Waals surface area contributed by atoms with Crippen LogP contribution in [-0.2, 0) is 0 Å². The van der Waals surface area contributed by atoms with Crippen LogP contribution in [0.15, 0.2) is 0 Å². The number of nitrogens with one attached hydrogen (secondary N) is 1. The van der Waals surface area contributed by atoms with Crippen molar-refractivity contribution in [3.8, 4) is 0 Å². The van der Waals surface area contributed by atoms with Crippen LogP contribution in [0.2, 0.25) is 0 Å². The van der Waals surface area contributed by atoms with E-state index < -0.39 is 0 Å². The third-order valence-electron chi connectivity index (χ3n) is 1.87. The first-order chi connectivity index (χ1) is 4.00. The van der Waals surface area contributed by atoms with Gasteiger partial charge in [-0.1, -0.05) is 26.1 Å². The predicted molar refractivity (Wildman–Crippen MR) is 45.7 cm³/mol. The Kier molecular flexibility index (Phi) is 3.12. The van der Waals surface area contributed by atoms with Gasteiger partial charge in [0.25, 0.3) is 0 Å². The van der Waals surface area contributed by atoms with E-state index in [0.717, 1.165) is 0 Å². The monoisotopic (exact) mass is 145 g/mol. The number of thiocarbonyl (C=S) groups is 1. The highest BCUT2D eigenvalue weighted by atomic mass is 32.1. The van der Waals surface area contributed by atoms with Gasteiger partial charge in [-0.3, -0.25) is 0 Å². The molecule has 1 N–H and O–H groups in total. The van der Waals surface area contributed by atoms with Gasteiger partial charge in [-0.15, -0.1) is 0 Å². The van der Waals surface area contributed by atoms with Crippen LogP contribution in [0.4, 0.5) is 0 Å². The highest BCUT2D eigenvalue weighted by Gasteiger charge is 2.19. The summed E-state index contributed by atoms with van der Waals surface area (Å²) in [4.78, 5) is 0. The third-order valence-corrected chi connectivity index (χ3v) is 1.99. The van der Waals surface area contributed by atoms with Gasteiger partial charge in [0.15, 0.2) is 0 Å². The van der Waals surface area contributed by atoms with Gasteiger partial charge >= 0.3 is 0 Å². The fourth-order valence-electron chi connectivity index (χ4n) is 0.319. The maximum atomic E-state index is 4.68. The van der Waals surface area contributed by atoms with Crippen molar-refractivity contribution in [2.24, 2.45) is 5.92 Å². The minimum atomic E-state index is 0.141. The summed E-state index contributed by atoms with van der Waals surface area (Å²) in [6.07, 6.45) is 0. The molecule has 0 aliphatic carbocycles. The van der Waals surface area contributed by atoms with Crippen LogP contribution < -0.4 is 5.32 Å². The molecule has 2 heteroatoms. The van der Waals surface area contributed by atoms with E-state index in [1.807, 2.05) is 0 Å². The molecule has 0 spiro atoms. The molecule has 0 atom stereocenters. The molecular formula is C7H15NS. The summed E-state index contributed by atoms with van der Waals surface area (Å²) >= 11 is 4.68. The summed E-state index contributed by atoms with van der Waals surface area (Å²) in [5.74, 6) is 0.608. The van der Waals surface area contributed by atoms with Gasteiger partial charge in [0.05, 0.1) is 5.49 Å². The van der Waals surface area contributed by atoms with Crippen LogP contribution in [0.1, 0.15) is 27.7 Å². The standard InChI is InChI=1S/C7H15NS/c1-6(2)7(3,4)8-5-9/h5-6H,1-4H3,(H,8,9). The molecule has 0 fully saturated rings. The lowest BCUT2D eigenvalue weighted by molar-refractivity contribution is 0.338. The molecule has 0 unspecified atom stereocenters. The van der Waals surface area contributed by atoms with E-state index in [4.69, 9.17) is 0 Å². The summed E-state index contributed by atoms with van der Waals surface area (Å²) in [5, 5.41) is 3.11. The Morgan fingerprint density at radius 2 is 1.89 bits per heavy atom. The van der Waals surface area contributed by atoms with E-state index in [0.29, 0.717) is 5.92 Å². The van der Waals surface area contributed by atoms with E-state index in [9.17, 15) is 0 Å². The van der Waals surface area contributed by atoms with Crippen LogP contribution in [0.3, 0.4) is 0 Å². The molecule has 54 valence electrons. The Morgan fingerprint density at radius 1 is 1.44 bits per heavy atom. The highest BCUT2D eigenvalue weighted by molar-refractivity contribution is 7.78. The van der Waals surface area contributed by atoms with Gasteiger partial charge in [-0.05, 0) is 19.8 Å². The zero-order chi connectivity index (χ0) is 7.49. The lowest BCUT2D eigenvalue weighted by Crippen LogP contribution is -2.42. The molecule has 0 aromatic rings. The Hall–Kier alpha value is -0.110. The van der Waals surface area contributed by atoms with Crippen LogP contribution in [0.25, 0.3) is 0 Å². The first-order valence-electron chi connectivity index (χ1n) is 3.22. The second kappa shape index (κ2) is 3.16. The normalized spacial score (nSPS) is 11.7. The van der Waals surface area contributed by atoms with Crippen LogP contribution in [0.5, 0.6) is 0 Å². The van der Waals surface area contributed by atoms with Gasteiger partial charge in [-0.2, -0.15) is 0 Å². The van der Waals surface area contributed by atoms with Crippen molar-refractivity contribution in [3.63, 3.8) is 0 Å². The summed E-state index contributed by atoms with van der Waals surface area (Å²) in [6.45, 7) is 8.62. The highest BCUT2D eigenvalue weighted by Crippen LogP contribution is 2.13. The van der Waals surface area contributed by atoms with E-state index >= 15 is 0 Å². The first kappa shape index (κ1) is 8.89. The molecule has 0 amide bonds. The molecule has 0 rings (SSSR count). The maximum Gasteiger partial charge on any atom is 0.0619 e. The first-order valence-corrected chi connectivity index (χ1v) is 3.69. The van der Waals surface area contributed by atoms with Crippen molar-refractivity contribution in [1.29, 1.82) is 0 Å². The fourth-order valence-corrected chi connectivity index (χ4v) is 0.622. The largest absolute Gasteiger partial charge is 0.377 e. The topological polar surface area (TPSA) is 12.0 Å². The Bertz CT molecular complexity index is 97.1. The number of hydrogen-bond donors (Lipinski definition) is 1. The van der Waals surface area contributed by atoms with Crippen molar-refractivity contribution < 1.29 is 0 Å². The number of rotatable bonds is 3. The average molecular weight is 145 g/mol. The SMILES string of the molecule is CC(C)C(C)(C)NC=S. The summed E-state index contributed by atoms with van der Waals surface area (Å²) in [6, 6.07) is 0.